The van der Waals surface area contributed by atoms with Gasteiger partial charge in [-0.05, 0) is 55.8 Å². The molecule has 2 fully saturated rings. The summed E-state index contributed by atoms with van der Waals surface area (Å²) in [5.74, 6) is -0.0595. The van der Waals surface area contributed by atoms with E-state index in [0.29, 0.717) is 16.5 Å². The first kappa shape index (κ1) is 16.5. The first-order valence-corrected chi connectivity index (χ1v) is 10.0. The van der Waals surface area contributed by atoms with Crippen LogP contribution in [0, 0.1) is 12.3 Å². The monoisotopic (exact) mass is 336 g/mol. The Morgan fingerprint density at radius 3 is 2.48 bits per heavy atom. The highest BCUT2D eigenvalue weighted by Gasteiger charge is 2.38. The Hall–Kier alpha value is -1.40. The Morgan fingerprint density at radius 2 is 1.91 bits per heavy atom. The second kappa shape index (κ2) is 5.91. The van der Waals surface area contributed by atoms with Gasteiger partial charge in [-0.2, -0.15) is 0 Å². The number of nitrogens with zero attached hydrogens (tertiary/aromatic N) is 1. The molecule has 0 aliphatic carbocycles. The van der Waals surface area contributed by atoms with Crippen LogP contribution in [0.25, 0.3) is 0 Å². The van der Waals surface area contributed by atoms with E-state index in [-0.39, 0.29) is 10.8 Å². The van der Waals surface area contributed by atoms with Crippen molar-refractivity contribution >= 4 is 15.7 Å². The van der Waals surface area contributed by atoms with Gasteiger partial charge in [-0.15, -0.1) is 0 Å². The van der Waals surface area contributed by atoms with E-state index in [0.717, 1.165) is 39.0 Å². The molecule has 23 heavy (non-hydrogen) atoms. The smallest absolute Gasteiger partial charge is 0.253 e. The number of sulfone groups is 1. The van der Waals surface area contributed by atoms with Gasteiger partial charge in [0.2, 0.25) is 0 Å². The summed E-state index contributed by atoms with van der Waals surface area (Å²) >= 11 is 0. The molecule has 0 bridgehead atoms. The van der Waals surface area contributed by atoms with Crippen molar-refractivity contribution < 1.29 is 13.2 Å². The van der Waals surface area contributed by atoms with Crippen molar-refractivity contribution in [1.29, 1.82) is 0 Å². The highest BCUT2D eigenvalue weighted by Crippen LogP contribution is 2.37. The third-order valence-electron chi connectivity index (χ3n) is 5.28. The van der Waals surface area contributed by atoms with Crippen molar-refractivity contribution in [3.63, 3.8) is 0 Å². The molecule has 3 rings (SSSR count). The zero-order valence-electron chi connectivity index (χ0n) is 13.8. The Bertz CT molecular complexity index is 711. The quantitative estimate of drug-likeness (QED) is 0.891. The lowest BCUT2D eigenvalue weighted by Crippen LogP contribution is -2.44. The van der Waals surface area contributed by atoms with Gasteiger partial charge in [-0.1, -0.05) is 6.07 Å². The van der Waals surface area contributed by atoms with Crippen molar-refractivity contribution in [2.45, 2.75) is 31.1 Å². The highest BCUT2D eigenvalue weighted by atomic mass is 32.2. The first-order chi connectivity index (χ1) is 10.8. The SMILES string of the molecule is Cc1ccc(C(=O)N2CCC3(CCNC3)CC2)cc1S(C)(=O)=O. The van der Waals surface area contributed by atoms with Gasteiger partial charge in [0.05, 0.1) is 4.90 Å². The van der Waals surface area contributed by atoms with Gasteiger partial charge < -0.3 is 10.2 Å². The number of hydrogen-bond acceptors (Lipinski definition) is 4. The van der Waals surface area contributed by atoms with Crippen molar-refractivity contribution in [3.05, 3.63) is 29.3 Å². The number of aryl methyl sites for hydroxylation is 1. The van der Waals surface area contributed by atoms with E-state index in [1.54, 1.807) is 19.1 Å². The Morgan fingerprint density at radius 1 is 1.22 bits per heavy atom. The highest BCUT2D eigenvalue weighted by molar-refractivity contribution is 7.90. The number of nitrogens with one attached hydrogen (secondary N) is 1. The zero-order chi connectivity index (χ0) is 16.7. The molecule has 2 saturated heterocycles. The number of likely N-dealkylation sites (tertiary alicyclic amines) is 1. The van der Waals surface area contributed by atoms with Crippen LogP contribution in [-0.4, -0.2) is 51.7 Å². The second-order valence-electron chi connectivity index (χ2n) is 6.97. The molecule has 0 unspecified atom stereocenters. The summed E-state index contributed by atoms with van der Waals surface area (Å²) < 4.78 is 23.7. The average Bonchev–Trinajstić information content (AvgIpc) is 2.95. The van der Waals surface area contributed by atoms with Gasteiger partial charge in [0.25, 0.3) is 5.91 Å². The molecule has 5 nitrogen and oxygen atoms in total. The minimum absolute atomic E-state index is 0.0595. The summed E-state index contributed by atoms with van der Waals surface area (Å²) in [6.07, 6.45) is 4.42. The molecule has 1 spiro atoms. The van der Waals surface area contributed by atoms with Gasteiger partial charge in [0, 0.05) is 31.5 Å². The minimum atomic E-state index is -3.32. The van der Waals surface area contributed by atoms with Crippen LogP contribution in [-0.2, 0) is 9.84 Å². The lowest BCUT2D eigenvalue weighted by Gasteiger charge is -2.39. The van der Waals surface area contributed by atoms with Crippen LogP contribution in [0.15, 0.2) is 23.1 Å². The molecule has 1 aromatic carbocycles. The number of amides is 1. The molecule has 1 amide bonds. The van der Waals surface area contributed by atoms with E-state index in [2.05, 4.69) is 5.32 Å². The van der Waals surface area contributed by atoms with Gasteiger partial charge in [0.1, 0.15) is 0 Å². The van der Waals surface area contributed by atoms with Crippen LogP contribution in [0.1, 0.15) is 35.2 Å². The fourth-order valence-corrected chi connectivity index (χ4v) is 4.72. The Labute approximate surface area is 138 Å². The summed E-state index contributed by atoms with van der Waals surface area (Å²) in [6, 6.07) is 4.97. The number of carbonyl (C=O) groups is 1. The van der Waals surface area contributed by atoms with Gasteiger partial charge >= 0.3 is 0 Å². The molecule has 2 aliphatic rings. The zero-order valence-corrected chi connectivity index (χ0v) is 14.6. The maximum atomic E-state index is 12.7. The summed E-state index contributed by atoms with van der Waals surface area (Å²) in [4.78, 5) is 14.8. The first-order valence-electron chi connectivity index (χ1n) is 8.12. The second-order valence-corrected chi connectivity index (χ2v) is 8.96. The normalized spacial score (nSPS) is 20.9. The molecule has 2 heterocycles. The lowest BCUT2D eigenvalue weighted by molar-refractivity contribution is 0.0607. The molecule has 0 atom stereocenters. The minimum Gasteiger partial charge on any atom is -0.339 e. The van der Waals surface area contributed by atoms with Gasteiger partial charge in [-0.25, -0.2) is 8.42 Å². The van der Waals surface area contributed by atoms with Crippen LogP contribution in [0.3, 0.4) is 0 Å². The lowest BCUT2D eigenvalue weighted by atomic mass is 9.78. The molecule has 0 radical (unpaired) electrons. The summed E-state index contributed by atoms with van der Waals surface area (Å²) in [7, 11) is -3.32. The van der Waals surface area contributed by atoms with Crippen molar-refractivity contribution in [2.75, 3.05) is 32.4 Å². The molecular formula is C17H24N2O3S. The third-order valence-corrected chi connectivity index (χ3v) is 6.52. The van der Waals surface area contributed by atoms with Crippen LogP contribution in [0.5, 0.6) is 0 Å². The van der Waals surface area contributed by atoms with E-state index in [4.69, 9.17) is 0 Å². The van der Waals surface area contributed by atoms with E-state index in [9.17, 15) is 13.2 Å². The maximum Gasteiger partial charge on any atom is 0.253 e. The number of piperidine rings is 1. The third kappa shape index (κ3) is 3.28. The molecule has 126 valence electrons. The van der Waals surface area contributed by atoms with Crippen LogP contribution < -0.4 is 5.32 Å². The molecule has 6 heteroatoms. The number of rotatable bonds is 2. The van der Waals surface area contributed by atoms with E-state index < -0.39 is 9.84 Å². The fraction of sp³-hybridized carbons (Fsp3) is 0.588. The summed E-state index contributed by atoms with van der Waals surface area (Å²) in [5, 5.41) is 3.42. The van der Waals surface area contributed by atoms with Crippen molar-refractivity contribution in [1.82, 2.24) is 10.2 Å². The number of benzene rings is 1. The molecule has 1 aromatic rings. The van der Waals surface area contributed by atoms with Crippen LogP contribution in [0.2, 0.25) is 0 Å². The average molecular weight is 336 g/mol. The van der Waals surface area contributed by atoms with E-state index in [1.807, 2.05) is 4.90 Å². The summed E-state index contributed by atoms with van der Waals surface area (Å²) in [6.45, 7) is 5.38. The molecule has 2 aliphatic heterocycles. The topological polar surface area (TPSA) is 66.5 Å². The maximum absolute atomic E-state index is 12.7. The molecule has 0 aromatic heterocycles. The van der Waals surface area contributed by atoms with Crippen LogP contribution in [0.4, 0.5) is 0 Å². The summed E-state index contributed by atoms with van der Waals surface area (Å²) in [5.41, 5.74) is 1.51. The largest absolute Gasteiger partial charge is 0.339 e. The fourth-order valence-electron chi connectivity index (χ4n) is 3.72. The van der Waals surface area contributed by atoms with E-state index in [1.165, 1.54) is 18.7 Å². The standard InChI is InChI=1S/C17H24N2O3S/c1-13-3-4-14(11-15(13)23(2,21)22)16(20)19-9-6-17(7-10-19)5-8-18-12-17/h3-4,11,18H,5-10,12H2,1-2H3. The van der Waals surface area contributed by atoms with Gasteiger partial charge in [0.15, 0.2) is 9.84 Å². The molecule has 0 saturated carbocycles. The van der Waals surface area contributed by atoms with Gasteiger partial charge in [-0.3, -0.25) is 4.79 Å². The predicted octanol–water partition coefficient (Wildman–Crippen LogP) is 1.61. The molecular weight excluding hydrogens is 312 g/mol. The van der Waals surface area contributed by atoms with E-state index >= 15 is 0 Å². The molecule has 1 N–H and O–H groups in total. The van der Waals surface area contributed by atoms with Crippen molar-refractivity contribution in [3.8, 4) is 0 Å². The Kier molecular flexibility index (Phi) is 4.23. The number of hydrogen-bond donors (Lipinski definition) is 1. The Balaban J connectivity index is 1.76. The predicted molar refractivity (Wildman–Crippen MR) is 89.3 cm³/mol. The van der Waals surface area contributed by atoms with Crippen molar-refractivity contribution in [2.24, 2.45) is 5.41 Å². The number of carbonyl (C=O) groups excluding carboxylic acids is 1. The van der Waals surface area contributed by atoms with Crippen LogP contribution >= 0.6 is 0 Å².